The van der Waals surface area contributed by atoms with E-state index in [-0.39, 0.29) is 36.3 Å². The Morgan fingerprint density at radius 2 is 1.84 bits per heavy atom. The summed E-state index contributed by atoms with van der Waals surface area (Å²) in [6.07, 6.45) is -0.170. The van der Waals surface area contributed by atoms with Gasteiger partial charge >= 0.3 is 6.29 Å². The van der Waals surface area contributed by atoms with Crippen LogP contribution < -0.4 is 9.47 Å². The summed E-state index contributed by atoms with van der Waals surface area (Å²) >= 11 is 3.19. The predicted octanol–water partition coefficient (Wildman–Crippen LogP) is 6.61. The number of aromatic nitrogens is 3. The second kappa shape index (κ2) is 9.78. The van der Waals surface area contributed by atoms with Crippen molar-refractivity contribution in [3.63, 3.8) is 0 Å². The van der Waals surface area contributed by atoms with Gasteiger partial charge in [0.25, 0.3) is 0 Å². The van der Waals surface area contributed by atoms with Gasteiger partial charge < -0.3 is 18.9 Å². The molecule has 12 heteroatoms. The normalized spacial score (nSPS) is 13.6. The highest BCUT2D eigenvalue weighted by Crippen LogP contribution is 2.43. The zero-order valence-corrected chi connectivity index (χ0v) is 19.7. The summed E-state index contributed by atoms with van der Waals surface area (Å²) in [5.74, 6) is 2.26. The maximum atomic E-state index is 13.2. The summed E-state index contributed by atoms with van der Waals surface area (Å²) < 4.78 is 40.8. The molecular weight excluding hydrogens is 503 g/mol. The van der Waals surface area contributed by atoms with Crippen molar-refractivity contribution in [1.82, 2.24) is 15.0 Å². The number of imidazole rings is 1. The van der Waals surface area contributed by atoms with E-state index in [1.807, 2.05) is 25.1 Å². The van der Waals surface area contributed by atoms with E-state index in [0.717, 1.165) is 27.7 Å². The van der Waals surface area contributed by atoms with Gasteiger partial charge in [-0.25, -0.2) is 4.98 Å². The summed E-state index contributed by atoms with van der Waals surface area (Å²) in [6, 6.07) is 8.74. The number of nitrogens with one attached hydrogen (secondary N) is 1. The van der Waals surface area contributed by atoms with Gasteiger partial charge in [0.2, 0.25) is 0 Å². The highest BCUT2D eigenvalue weighted by atomic mass is 35.5. The number of aromatic amines is 1. The molecule has 0 fully saturated rings. The number of pyridine rings is 1. The Labute approximate surface area is 202 Å². The van der Waals surface area contributed by atoms with Crippen LogP contribution in [0.5, 0.6) is 11.5 Å². The summed E-state index contributed by atoms with van der Waals surface area (Å²) in [5, 5.41) is 0.662. The molecule has 6 nitrogen and oxygen atoms in total. The number of alkyl halides is 2. The quantitative estimate of drug-likeness (QED) is 0.287. The molecule has 1 aromatic carbocycles. The zero-order valence-electron chi connectivity index (χ0n) is 16.5. The fraction of sp³-hybridized carbons (Fsp3) is 0.200. The van der Waals surface area contributed by atoms with E-state index in [0.29, 0.717) is 21.9 Å². The SMILES string of the molecule is Cc1c(SCc2ccco2)ccnc1CSc1nc2cc3c(cc2[nH]1)OC(F)(F)O3.Cl.Cl. The van der Waals surface area contributed by atoms with Gasteiger partial charge in [-0.15, -0.1) is 45.4 Å². The third-order valence-corrected chi connectivity index (χ3v) is 6.60. The lowest BCUT2D eigenvalue weighted by Gasteiger charge is -2.09. The van der Waals surface area contributed by atoms with Gasteiger partial charge in [-0.05, 0) is 30.7 Å². The molecule has 5 rings (SSSR count). The molecule has 4 aromatic rings. The number of fused-ring (bicyclic) bond motifs is 2. The van der Waals surface area contributed by atoms with Crippen molar-refractivity contribution >= 4 is 59.4 Å². The van der Waals surface area contributed by atoms with Gasteiger partial charge in [0, 0.05) is 29.0 Å². The topological polar surface area (TPSA) is 73.2 Å². The molecule has 0 saturated carbocycles. The number of hydrogen-bond acceptors (Lipinski definition) is 7. The number of benzene rings is 1. The van der Waals surface area contributed by atoms with Gasteiger partial charge in [-0.2, -0.15) is 0 Å². The van der Waals surface area contributed by atoms with Crippen LogP contribution in [0, 0.1) is 6.92 Å². The van der Waals surface area contributed by atoms with Crippen LogP contribution in [0.2, 0.25) is 0 Å². The zero-order chi connectivity index (χ0) is 20.7. The van der Waals surface area contributed by atoms with Gasteiger partial charge in [-0.3, -0.25) is 4.98 Å². The van der Waals surface area contributed by atoms with Gasteiger partial charge in [0.15, 0.2) is 16.7 Å². The van der Waals surface area contributed by atoms with E-state index >= 15 is 0 Å². The first-order chi connectivity index (χ1) is 14.5. The molecule has 0 spiro atoms. The summed E-state index contributed by atoms with van der Waals surface area (Å²) in [6.45, 7) is 2.05. The molecule has 4 heterocycles. The molecular formula is C20H17Cl2F2N3O3S2. The molecule has 1 aliphatic rings. The number of H-pyrrole nitrogens is 1. The molecule has 0 unspecified atom stereocenters. The maximum absolute atomic E-state index is 13.2. The highest BCUT2D eigenvalue weighted by Gasteiger charge is 2.43. The summed E-state index contributed by atoms with van der Waals surface area (Å²) in [4.78, 5) is 13.2. The Balaban J connectivity index is 0.00000144. The average molecular weight is 520 g/mol. The van der Waals surface area contributed by atoms with Gasteiger partial charge in [0.05, 0.1) is 28.7 Å². The summed E-state index contributed by atoms with van der Waals surface area (Å²) in [7, 11) is 0. The average Bonchev–Trinajstić information content (AvgIpc) is 3.41. The first-order valence-electron chi connectivity index (χ1n) is 8.99. The number of rotatable bonds is 6. The van der Waals surface area contributed by atoms with E-state index in [9.17, 15) is 8.78 Å². The van der Waals surface area contributed by atoms with E-state index in [1.54, 1.807) is 24.2 Å². The van der Waals surface area contributed by atoms with Crippen LogP contribution in [0.4, 0.5) is 8.78 Å². The van der Waals surface area contributed by atoms with Crippen LogP contribution in [0.3, 0.4) is 0 Å². The van der Waals surface area contributed by atoms with E-state index in [2.05, 4.69) is 24.4 Å². The lowest BCUT2D eigenvalue weighted by molar-refractivity contribution is -0.286. The number of nitrogens with zero attached hydrogens (tertiary/aromatic N) is 2. The molecule has 1 aliphatic heterocycles. The van der Waals surface area contributed by atoms with Crippen molar-refractivity contribution in [2.75, 3.05) is 0 Å². The maximum Gasteiger partial charge on any atom is 0.586 e. The number of halogens is 4. The van der Waals surface area contributed by atoms with Crippen LogP contribution in [0.1, 0.15) is 17.0 Å². The van der Waals surface area contributed by atoms with Crippen molar-refractivity contribution in [2.24, 2.45) is 0 Å². The molecule has 0 bridgehead atoms. The van der Waals surface area contributed by atoms with Crippen molar-refractivity contribution < 1.29 is 22.7 Å². The van der Waals surface area contributed by atoms with Crippen molar-refractivity contribution in [3.8, 4) is 11.5 Å². The fourth-order valence-corrected chi connectivity index (χ4v) is 4.90. The number of furan rings is 1. The molecule has 0 saturated heterocycles. The molecule has 170 valence electrons. The smallest absolute Gasteiger partial charge is 0.468 e. The Morgan fingerprint density at radius 1 is 1.06 bits per heavy atom. The third-order valence-electron chi connectivity index (χ3n) is 4.54. The predicted molar refractivity (Wildman–Crippen MR) is 124 cm³/mol. The van der Waals surface area contributed by atoms with Crippen LogP contribution in [0.15, 0.2) is 57.3 Å². The molecule has 3 aromatic heterocycles. The highest BCUT2D eigenvalue weighted by molar-refractivity contribution is 7.98. The Bertz CT molecular complexity index is 1180. The monoisotopic (exact) mass is 519 g/mol. The minimum Gasteiger partial charge on any atom is -0.468 e. The standard InChI is InChI=1S/C20H15F2N3O3S2.2ClH/c1-11-15(23-5-4-18(11)29-9-12-3-2-6-26-12)10-30-19-24-13-7-16-17(8-14(13)25-19)28-20(21,22)27-16;;/h2-8H,9-10H2,1H3,(H,24,25);2*1H. The fourth-order valence-electron chi connectivity index (χ4n) is 3.04. The number of hydrogen-bond donors (Lipinski definition) is 1. The van der Waals surface area contributed by atoms with Crippen LogP contribution in [-0.4, -0.2) is 21.2 Å². The Morgan fingerprint density at radius 3 is 2.59 bits per heavy atom. The van der Waals surface area contributed by atoms with E-state index in [1.165, 1.54) is 23.9 Å². The second-order valence-electron chi connectivity index (χ2n) is 6.56. The first kappa shape index (κ1) is 24.5. The van der Waals surface area contributed by atoms with Crippen molar-refractivity contribution in [1.29, 1.82) is 0 Å². The minimum atomic E-state index is -3.64. The van der Waals surface area contributed by atoms with E-state index in [4.69, 9.17) is 4.42 Å². The molecule has 0 aliphatic carbocycles. The van der Waals surface area contributed by atoms with Crippen LogP contribution >= 0.6 is 48.3 Å². The third kappa shape index (κ3) is 5.09. The summed E-state index contributed by atoms with van der Waals surface area (Å²) in [5.41, 5.74) is 3.20. The van der Waals surface area contributed by atoms with Crippen LogP contribution in [0.25, 0.3) is 11.0 Å². The lowest BCUT2D eigenvalue weighted by Crippen LogP contribution is -2.25. The molecule has 1 N–H and O–H groups in total. The Hall–Kier alpha value is -2.14. The molecule has 32 heavy (non-hydrogen) atoms. The Kier molecular flexibility index (Phi) is 7.49. The van der Waals surface area contributed by atoms with Gasteiger partial charge in [-0.1, -0.05) is 11.8 Å². The second-order valence-corrected chi connectivity index (χ2v) is 8.54. The first-order valence-corrected chi connectivity index (χ1v) is 11.0. The van der Waals surface area contributed by atoms with Gasteiger partial charge in [0.1, 0.15) is 5.76 Å². The lowest BCUT2D eigenvalue weighted by atomic mass is 10.2. The number of ether oxygens (including phenoxy) is 2. The molecule has 0 atom stereocenters. The minimum absolute atomic E-state index is 0. The van der Waals surface area contributed by atoms with E-state index < -0.39 is 6.29 Å². The van der Waals surface area contributed by atoms with Crippen LogP contribution in [-0.2, 0) is 11.5 Å². The molecule has 0 amide bonds. The molecule has 0 radical (unpaired) electrons. The largest absolute Gasteiger partial charge is 0.586 e. The van der Waals surface area contributed by atoms with Crippen molar-refractivity contribution in [2.45, 2.75) is 34.8 Å². The van der Waals surface area contributed by atoms with Crippen molar-refractivity contribution in [3.05, 3.63) is 59.8 Å². The number of thioether (sulfide) groups is 2.